The molecule has 4 aliphatic heterocycles. The Morgan fingerprint density at radius 1 is 1.11 bits per heavy atom. The molecule has 0 spiro atoms. The lowest BCUT2D eigenvalue weighted by Crippen LogP contribution is -2.62. The van der Waals surface area contributed by atoms with E-state index in [1.54, 1.807) is 11.8 Å². The molecule has 4 N–H and O–H groups in total. The van der Waals surface area contributed by atoms with Crippen LogP contribution in [-0.4, -0.2) is 49.0 Å². The highest BCUT2D eigenvalue weighted by Gasteiger charge is 2.52. The van der Waals surface area contributed by atoms with Gasteiger partial charge in [-0.15, -0.1) is 0 Å². The van der Waals surface area contributed by atoms with Crippen LogP contribution in [0.25, 0.3) is 0 Å². The number of carbonyl (C=O) groups excluding carboxylic acids is 2. The number of rotatable bonds is 5. The minimum absolute atomic E-state index is 0.0197. The van der Waals surface area contributed by atoms with Crippen molar-refractivity contribution in [2.24, 2.45) is 5.92 Å². The first-order valence-corrected chi connectivity index (χ1v) is 13.6. The van der Waals surface area contributed by atoms with Crippen molar-refractivity contribution in [1.82, 2.24) is 21.3 Å². The van der Waals surface area contributed by atoms with Gasteiger partial charge in [-0.1, -0.05) is 30.0 Å². The van der Waals surface area contributed by atoms with Crippen LogP contribution < -0.4 is 30.9 Å². The molecule has 4 aliphatic rings. The van der Waals surface area contributed by atoms with E-state index in [0.29, 0.717) is 4.91 Å². The molecular weight excluding hydrogens is 474 g/mol. The quantitative estimate of drug-likeness (QED) is 0.497. The summed E-state index contributed by atoms with van der Waals surface area (Å²) in [5, 5.41) is 13.3. The molecule has 4 unspecified atom stereocenters. The van der Waals surface area contributed by atoms with E-state index in [4.69, 9.17) is 4.74 Å². The predicted octanol–water partition coefficient (Wildman–Crippen LogP) is 3.45. The zero-order chi connectivity index (χ0) is 24.6. The van der Waals surface area contributed by atoms with Gasteiger partial charge in [-0.05, 0) is 75.2 Å². The number of anilines is 1. The maximum absolute atomic E-state index is 13.5. The van der Waals surface area contributed by atoms with Gasteiger partial charge >= 0.3 is 6.03 Å². The van der Waals surface area contributed by atoms with Crippen molar-refractivity contribution >= 4 is 29.4 Å². The number of urea groups is 1. The molecule has 3 fully saturated rings. The molecule has 0 saturated carbocycles. The van der Waals surface area contributed by atoms with Gasteiger partial charge in [-0.2, -0.15) is 0 Å². The fourth-order valence-electron chi connectivity index (χ4n) is 5.71. The van der Waals surface area contributed by atoms with Crippen LogP contribution in [0.3, 0.4) is 0 Å². The maximum Gasteiger partial charge on any atom is 0.326 e. The highest BCUT2D eigenvalue weighted by molar-refractivity contribution is 8.04. The minimum atomic E-state index is -0.182. The van der Waals surface area contributed by atoms with Crippen LogP contribution in [0.2, 0.25) is 0 Å². The molecule has 9 heteroatoms. The second-order valence-electron chi connectivity index (χ2n) is 9.80. The smallest absolute Gasteiger partial charge is 0.326 e. The van der Waals surface area contributed by atoms with Crippen molar-refractivity contribution < 1.29 is 14.3 Å². The third-order valence-corrected chi connectivity index (χ3v) is 8.74. The number of thioether (sulfide) groups is 1. The molecule has 0 aliphatic carbocycles. The molecule has 0 aromatic heterocycles. The number of para-hydroxylation sites is 1. The fourth-order valence-corrected chi connectivity index (χ4v) is 7.11. The summed E-state index contributed by atoms with van der Waals surface area (Å²) in [6.07, 6.45) is 2.85. The molecule has 36 heavy (non-hydrogen) atoms. The van der Waals surface area contributed by atoms with Gasteiger partial charge in [0.1, 0.15) is 11.5 Å². The first kappa shape index (κ1) is 23.4. The van der Waals surface area contributed by atoms with Gasteiger partial charge in [0, 0.05) is 29.9 Å². The van der Waals surface area contributed by atoms with Crippen LogP contribution in [0.5, 0.6) is 11.5 Å². The topological polar surface area (TPSA) is 94.7 Å². The number of ether oxygens (including phenoxy) is 1. The molecular formula is C27H31N5O3S. The fraction of sp³-hybridized carbons (Fsp3) is 0.407. The van der Waals surface area contributed by atoms with Gasteiger partial charge in [0.15, 0.2) is 0 Å². The number of benzene rings is 2. The van der Waals surface area contributed by atoms with E-state index in [1.165, 1.54) is 0 Å². The standard InChI is InChI=1S/C27H31N5O3S/c1-16-14-19(35-18-7-3-2-4-8-18)9-10-20(16)32-21-11-13-29-26-22(21)23(31-27(32)34)24(36-26)25(33)30-17-6-5-12-28-15-17/h2-4,7-10,14,17,21-22,26,28-29H,5-6,11-13,15H2,1H3,(H,30,33)(H,31,34). The molecule has 8 nitrogen and oxygen atoms in total. The van der Waals surface area contributed by atoms with Crippen LogP contribution >= 0.6 is 11.8 Å². The van der Waals surface area contributed by atoms with Gasteiger partial charge in [0.25, 0.3) is 5.91 Å². The van der Waals surface area contributed by atoms with E-state index in [-0.39, 0.29) is 35.3 Å². The van der Waals surface area contributed by atoms with E-state index < -0.39 is 0 Å². The summed E-state index contributed by atoms with van der Waals surface area (Å²) in [4.78, 5) is 29.3. The molecule has 3 saturated heterocycles. The molecule has 4 atom stereocenters. The predicted molar refractivity (Wildman–Crippen MR) is 141 cm³/mol. The number of nitrogens with zero attached hydrogens (tertiary/aromatic N) is 1. The Morgan fingerprint density at radius 2 is 1.97 bits per heavy atom. The lowest BCUT2D eigenvalue weighted by molar-refractivity contribution is -0.117. The van der Waals surface area contributed by atoms with Crippen LogP contribution in [0.4, 0.5) is 10.5 Å². The van der Waals surface area contributed by atoms with E-state index in [0.717, 1.165) is 67.3 Å². The normalized spacial score (nSPS) is 27.4. The average Bonchev–Trinajstić information content (AvgIpc) is 3.26. The first-order valence-electron chi connectivity index (χ1n) is 12.7. The highest BCUT2D eigenvalue weighted by Crippen LogP contribution is 2.48. The van der Waals surface area contributed by atoms with Crippen LogP contribution in [0.15, 0.2) is 59.1 Å². The summed E-state index contributed by atoms with van der Waals surface area (Å²) >= 11 is 1.55. The Kier molecular flexibility index (Phi) is 6.37. The second kappa shape index (κ2) is 9.80. The number of nitrogens with one attached hydrogen (secondary N) is 4. The number of carbonyl (C=O) groups is 2. The minimum Gasteiger partial charge on any atom is -0.457 e. The number of piperidine rings is 2. The molecule has 4 heterocycles. The Bertz CT molecular complexity index is 1200. The first-order chi connectivity index (χ1) is 17.6. The Morgan fingerprint density at radius 3 is 2.75 bits per heavy atom. The third-order valence-electron chi connectivity index (χ3n) is 7.39. The number of hydrogen-bond acceptors (Lipinski definition) is 6. The zero-order valence-corrected chi connectivity index (χ0v) is 21.1. The molecule has 0 bridgehead atoms. The number of hydrogen-bond donors (Lipinski definition) is 4. The van der Waals surface area contributed by atoms with Crippen molar-refractivity contribution in [2.45, 2.75) is 43.6 Å². The van der Waals surface area contributed by atoms with E-state index in [2.05, 4.69) is 21.3 Å². The molecule has 6 rings (SSSR count). The van der Waals surface area contributed by atoms with Crippen molar-refractivity contribution in [1.29, 1.82) is 0 Å². The summed E-state index contributed by atoms with van der Waals surface area (Å²) < 4.78 is 5.99. The van der Waals surface area contributed by atoms with Gasteiger partial charge < -0.3 is 26.0 Å². The SMILES string of the molecule is Cc1cc(Oc2ccccc2)ccc1N1C(=O)NC2=C(C(=O)NC3CCCNC3)SC3NCCC1C23. The van der Waals surface area contributed by atoms with Crippen molar-refractivity contribution in [2.75, 3.05) is 24.5 Å². The van der Waals surface area contributed by atoms with Gasteiger partial charge in [-0.25, -0.2) is 4.79 Å². The van der Waals surface area contributed by atoms with Crippen LogP contribution in [-0.2, 0) is 4.79 Å². The van der Waals surface area contributed by atoms with Crippen LogP contribution in [0, 0.1) is 12.8 Å². The van der Waals surface area contributed by atoms with E-state index >= 15 is 0 Å². The number of aryl methyl sites for hydroxylation is 1. The summed E-state index contributed by atoms with van der Waals surface area (Å²) in [5.74, 6) is 1.46. The lowest BCUT2D eigenvalue weighted by atomic mass is 9.86. The zero-order valence-electron chi connectivity index (χ0n) is 20.3. The van der Waals surface area contributed by atoms with Crippen molar-refractivity contribution in [3.05, 3.63) is 64.7 Å². The summed E-state index contributed by atoms with van der Waals surface area (Å²) in [6, 6.07) is 15.4. The van der Waals surface area contributed by atoms with E-state index in [1.807, 2.05) is 60.4 Å². The van der Waals surface area contributed by atoms with Crippen LogP contribution in [0.1, 0.15) is 24.8 Å². The Balaban J connectivity index is 1.25. The second-order valence-corrected chi connectivity index (χ2v) is 10.9. The molecule has 2 aromatic carbocycles. The van der Waals surface area contributed by atoms with Gasteiger partial charge in [-0.3, -0.25) is 9.69 Å². The number of amides is 3. The largest absolute Gasteiger partial charge is 0.457 e. The summed E-state index contributed by atoms with van der Waals surface area (Å²) in [6.45, 7) is 4.59. The molecule has 0 radical (unpaired) electrons. The van der Waals surface area contributed by atoms with Gasteiger partial charge in [0.05, 0.1) is 16.3 Å². The maximum atomic E-state index is 13.5. The van der Waals surface area contributed by atoms with Gasteiger partial charge in [0.2, 0.25) is 0 Å². The highest BCUT2D eigenvalue weighted by atomic mass is 32.2. The third kappa shape index (κ3) is 4.36. The Hall–Kier alpha value is -3.01. The summed E-state index contributed by atoms with van der Waals surface area (Å²) in [5.41, 5.74) is 2.61. The van der Waals surface area contributed by atoms with Crippen molar-refractivity contribution in [3.63, 3.8) is 0 Å². The van der Waals surface area contributed by atoms with E-state index in [9.17, 15) is 9.59 Å². The lowest BCUT2D eigenvalue weighted by Gasteiger charge is -2.46. The van der Waals surface area contributed by atoms with Crippen molar-refractivity contribution in [3.8, 4) is 11.5 Å². The summed E-state index contributed by atoms with van der Waals surface area (Å²) in [7, 11) is 0. The molecule has 2 aromatic rings. The Labute approximate surface area is 215 Å². The molecule has 3 amide bonds. The monoisotopic (exact) mass is 505 g/mol. The molecule has 188 valence electrons. The average molecular weight is 506 g/mol.